The molecule has 1 amide bonds. The van der Waals surface area contributed by atoms with Crippen LogP contribution in [0.4, 0.5) is 11.4 Å². The number of benzene rings is 3. The van der Waals surface area contributed by atoms with Gasteiger partial charge in [-0.25, -0.2) is 4.68 Å². The number of carbonyl (C=O) groups excluding carboxylic acids is 1. The highest BCUT2D eigenvalue weighted by Crippen LogP contribution is 2.48. The van der Waals surface area contributed by atoms with E-state index in [-0.39, 0.29) is 12.2 Å². The summed E-state index contributed by atoms with van der Waals surface area (Å²) in [6.07, 6.45) is 6.61. The summed E-state index contributed by atoms with van der Waals surface area (Å²) in [5.74, 6) is -1.04. The van der Waals surface area contributed by atoms with E-state index >= 15 is 0 Å². The second-order valence-electron chi connectivity index (χ2n) is 10.2. The second kappa shape index (κ2) is 10.6. The summed E-state index contributed by atoms with van der Waals surface area (Å²) < 4.78 is 3.14. The number of anilines is 2. The molecule has 10 heteroatoms. The average Bonchev–Trinajstić information content (AvgIpc) is 3.65. The van der Waals surface area contributed by atoms with Crippen LogP contribution < -0.4 is 10.5 Å². The van der Waals surface area contributed by atoms with Crippen molar-refractivity contribution in [2.45, 2.75) is 31.9 Å². The van der Waals surface area contributed by atoms with Gasteiger partial charge in [0, 0.05) is 42.9 Å². The molecule has 1 aliphatic rings. The van der Waals surface area contributed by atoms with Crippen LogP contribution in [0.2, 0.25) is 0 Å². The zero-order chi connectivity index (χ0) is 28.6. The van der Waals surface area contributed by atoms with Crippen molar-refractivity contribution >= 4 is 28.2 Å². The van der Waals surface area contributed by atoms with Gasteiger partial charge >= 0.3 is 0 Å². The van der Waals surface area contributed by atoms with E-state index in [4.69, 9.17) is 5.11 Å². The fourth-order valence-corrected chi connectivity index (χ4v) is 5.40. The Balaban J connectivity index is 1.35. The van der Waals surface area contributed by atoms with Gasteiger partial charge in [-0.3, -0.25) is 24.3 Å². The van der Waals surface area contributed by atoms with E-state index < -0.39 is 17.4 Å². The van der Waals surface area contributed by atoms with Crippen molar-refractivity contribution in [3.05, 3.63) is 113 Å². The number of aliphatic hydroxyl groups excluding tert-OH is 1. The standard InChI is InChI=1S/C31H30N6O4/c1-21(9-7-8-17-35-20-22(16-18-38)32-34-35)31(41)26-19-24(37-29(39)25-12-5-6-13-27(25)33-37)14-15-28(26)36(30(31)40)23-10-3-2-4-11-23/h2-7,9-15,19-21,33,38,41H,8,16-18H2,1H3/b9-7+/t21-,31+/m1/s1. The lowest BCUT2D eigenvalue weighted by atomic mass is 9.82. The summed E-state index contributed by atoms with van der Waals surface area (Å²) in [5.41, 5.74) is 1.50. The molecule has 6 rings (SSSR count). The summed E-state index contributed by atoms with van der Waals surface area (Å²) in [4.78, 5) is 28.7. The first-order valence-corrected chi connectivity index (χ1v) is 13.5. The number of hydrogen-bond acceptors (Lipinski definition) is 6. The number of carbonyl (C=O) groups is 1. The van der Waals surface area contributed by atoms with Crippen LogP contribution in [-0.2, 0) is 23.4 Å². The van der Waals surface area contributed by atoms with Crippen LogP contribution in [-0.4, -0.2) is 47.5 Å². The van der Waals surface area contributed by atoms with E-state index in [2.05, 4.69) is 15.4 Å². The Kier molecular flexibility index (Phi) is 6.86. The first kappa shape index (κ1) is 26.4. The van der Waals surface area contributed by atoms with Gasteiger partial charge in [0.2, 0.25) is 0 Å². The van der Waals surface area contributed by atoms with Crippen molar-refractivity contribution in [3.8, 4) is 5.69 Å². The minimum Gasteiger partial charge on any atom is -0.396 e. The summed E-state index contributed by atoms with van der Waals surface area (Å²) in [6.45, 7) is 2.39. The van der Waals surface area contributed by atoms with Gasteiger partial charge in [-0.2, -0.15) is 0 Å². The maximum absolute atomic E-state index is 14.0. The second-order valence-corrected chi connectivity index (χ2v) is 10.2. The predicted molar refractivity (Wildman–Crippen MR) is 155 cm³/mol. The Morgan fingerprint density at radius 1 is 1.02 bits per heavy atom. The molecule has 0 unspecified atom stereocenters. The molecule has 3 heterocycles. The molecule has 2 aromatic heterocycles. The van der Waals surface area contributed by atoms with Crippen molar-refractivity contribution in [2.75, 3.05) is 11.5 Å². The Bertz CT molecular complexity index is 1800. The molecular weight excluding hydrogens is 520 g/mol. The molecule has 41 heavy (non-hydrogen) atoms. The topological polar surface area (TPSA) is 129 Å². The molecule has 5 aromatic rings. The van der Waals surface area contributed by atoms with E-state index in [0.717, 1.165) is 5.69 Å². The number of aromatic nitrogens is 5. The fourth-order valence-electron chi connectivity index (χ4n) is 5.40. The number of para-hydroxylation sites is 2. The summed E-state index contributed by atoms with van der Waals surface area (Å²) in [6, 6.07) is 21.7. The molecule has 0 saturated heterocycles. The van der Waals surface area contributed by atoms with E-state index in [1.807, 2.05) is 67.6 Å². The Morgan fingerprint density at radius 3 is 2.59 bits per heavy atom. The van der Waals surface area contributed by atoms with Crippen molar-refractivity contribution in [3.63, 3.8) is 0 Å². The lowest BCUT2D eigenvalue weighted by Crippen LogP contribution is -2.42. The van der Waals surface area contributed by atoms with Crippen LogP contribution in [0.15, 0.2) is 95.9 Å². The summed E-state index contributed by atoms with van der Waals surface area (Å²) >= 11 is 0. The van der Waals surface area contributed by atoms with Gasteiger partial charge in [-0.1, -0.05) is 54.6 Å². The van der Waals surface area contributed by atoms with Crippen LogP contribution in [0, 0.1) is 5.92 Å². The van der Waals surface area contributed by atoms with Gasteiger partial charge in [-0.15, -0.1) is 5.10 Å². The Labute approximate surface area is 235 Å². The van der Waals surface area contributed by atoms with Gasteiger partial charge in [0.1, 0.15) is 0 Å². The zero-order valence-electron chi connectivity index (χ0n) is 22.5. The number of aliphatic hydroxyl groups is 2. The molecule has 2 atom stereocenters. The van der Waals surface area contributed by atoms with E-state index in [1.54, 1.807) is 35.1 Å². The Morgan fingerprint density at radius 2 is 1.80 bits per heavy atom. The molecule has 0 fully saturated rings. The molecule has 0 aliphatic carbocycles. The number of allylic oxidation sites excluding steroid dienone is 1. The third-order valence-electron chi connectivity index (χ3n) is 7.59. The number of nitrogens with zero attached hydrogens (tertiary/aromatic N) is 5. The van der Waals surface area contributed by atoms with Crippen LogP contribution >= 0.6 is 0 Å². The van der Waals surface area contributed by atoms with Crippen molar-refractivity contribution in [1.29, 1.82) is 0 Å². The van der Waals surface area contributed by atoms with Crippen molar-refractivity contribution in [2.24, 2.45) is 5.92 Å². The van der Waals surface area contributed by atoms with E-state index in [1.165, 1.54) is 9.58 Å². The maximum Gasteiger partial charge on any atom is 0.279 e. The van der Waals surface area contributed by atoms with Gasteiger partial charge in [0.15, 0.2) is 5.60 Å². The quantitative estimate of drug-likeness (QED) is 0.241. The first-order chi connectivity index (χ1) is 19.9. The summed E-state index contributed by atoms with van der Waals surface area (Å²) in [7, 11) is 0. The average molecular weight is 551 g/mol. The fraction of sp³-hybridized carbons (Fsp3) is 0.226. The highest BCUT2D eigenvalue weighted by molar-refractivity contribution is 6.12. The van der Waals surface area contributed by atoms with E-state index in [0.29, 0.717) is 52.9 Å². The normalized spacial score (nSPS) is 17.5. The van der Waals surface area contributed by atoms with E-state index in [9.17, 15) is 14.7 Å². The lowest BCUT2D eigenvalue weighted by Gasteiger charge is -2.27. The lowest BCUT2D eigenvalue weighted by molar-refractivity contribution is -0.138. The highest BCUT2D eigenvalue weighted by Gasteiger charge is 2.53. The molecule has 0 radical (unpaired) electrons. The van der Waals surface area contributed by atoms with Crippen molar-refractivity contribution < 1.29 is 15.0 Å². The number of fused-ring (bicyclic) bond motifs is 2. The number of amides is 1. The number of rotatable bonds is 9. The number of nitrogens with one attached hydrogen (secondary N) is 1. The number of aryl methyl sites for hydroxylation is 1. The van der Waals surface area contributed by atoms with Gasteiger partial charge in [-0.05, 0) is 48.9 Å². The Hall–Kier alpha value is -4.80. The molecule has 3 N–H and O–H groups in total. The van der Waals surface area contributed by atoms with Crippen molar-refractivity contribution in [1.82, 2.24) is 24.8 Å². The van der Waals surface area contributed by atoms with Crippen LogP contribution in [0.3, 0.4) is 0 Å². The monoisotopic (exact) mass is 550 g/mol. The smallest absolute Gasteiger partial charge is 0.279 e. The molecule has 0 spiro atoms. The van der Waals surface area contributed by atoms with Crippen LogP contribution in [0.1, 0.15) is 24.6 Å². The minimum atomic E-state index is -1.87. The van der Waals surface area contributed by atoms with Crippen LogP contribution in [0.25, 0.3) is 16.6 Å². The largest absolute Gasteiger partial charge is 0.396 e. The number of hydrogen-bond donors (Lipinski definition) is 3. The number of aromatic amines is 1. The molecule has 1 aliphatic heterocycles. The molecule has 208 valence electrons. The maximum atomic E-state index is 14.0. The SMILES string of the molecule is C[C@H](/C=C/CCn1cc(CCO)nn1)[C@@]1(O)C(=O)N(c2ccccc2)c2ccc(-n3[nH]c4ccccc4c3=O)cc21. The molecular formula is C31H30N6O4. The highest BCUT2D eigenvalue weighted by atomic mass is 16.3. The molecule has 10 nitrogen and oxygen atoms in total. The number of H-pyrrole nitrogens is 1. The zero-order valence-corrected chi connectivity index (χ0v) is 22.5. The van der Waals surface area contributed by atoms with Gasteiger partial charge in [0.25, 0.3) is 11.5 Å². The molecule has 0 saturated carbocycles. The van der Waals surface area contributed by atoms with Gasteiger partial charge in [0.05, 0.1) is 28.0 Å². The molecule has 0 bridgehead atoms. The van der Waals surface area contributed by atoms with Crippen LogP contribution in [0.5, 0.6) is 0 Å². The third-order valence-corrected chi connectivity index (χ3v) is 7.59. The molecule has 3 aromatic carbocycles. The summed E-state index contributed by atoms with van der Waals surface area (Å²) in [5, 5.41) is 33.0. The van der Waals surface area contributed by atoms with Gasteiger partial charge < -0.3 is 10.2 Å². The first-order valence-electron chi connectivity index (χ1n) is 13.5. The predicted octanol–water partition coefficient (Wildman–Crippen LogP) is 3.59. The minimum absolute atomic E-state index is 0.0147. The third kappa shape index (κ3) is 4.56.